The molecule has 2 aromatic rings. The Labute approximate surface area is 150 Å². The summed E-state index contributed by atoms with van der Waals surface area (Å²) in [6.45, 7) is 0.450. The molecule has 7 nitrogen and oxygen atoms in total. The molecule has 25 heavy (non-hydrogen) atoms. The fourth-order valence-corrected chi connectivity index (χ4v) is 3.43. The fraction of sp³-hybridized carbons (Fsp3) is 0.188. The van der Waals surface area contributed by atoms with Gasteiger partial charge in [0.25, 0.3) is 10.0 Å². The molecule has 0 spiro atoms. The van der Waals surface area contributed by atoms with E-state index in [0.29, 0.717) is 0 Å². The molecule has 0 radical (unpaired) electrons. The summed E-state index contributed by atoms with van der Waals surface area (Å²) in [6.07, 6.45) is 0. The highest BCUT2D eigenvalue weighted by Crippen LogP contribution is 2.29. The predicted molar refractivity (Wildman–Crippen MR) is 93.0 cm³/mol. The molecule has 0 aromatic heterocycles. The van der Waals surface area contributed by atoms with Crippen molar-refractivity contribution >= 4 is 33.3 Å². The predicted octanol–water partition coefficient (Wildman–Crippen LogP) is 2.86. The van der Waals surface area contributed by atoms with Crippen LogP contribution in [0.2, 0.25) is 5.02 Å². The summed E-state index contributed by atoms with van der Waals surface area (Å²) in [4.78, 5) is 10.9. The van der Waals surface area contributed by atoms with Gasteiger partial charge in [-0.3, -0.25) is 4.72 Å². The number of carboxylic acid groups (broad SMARTS) is 1. The number of hydrogen-bond donors (Lipinski definition) is 2. The average molecular weight is 386 g/mol. The topological polar surface area (TPSA) is 102 Å². The largest absolute Gasteiger partial charge is 0.490 e. The molecule has 0 heterocycles. The number of sulfonamides is 1. The minimum absolute atomic E-state index is 0.0390. The molecule has 2 aromatic carbocycles. The van der Waals surface area contributed by atoms with Crippen molar-refractivity contribution in [3.8, 4) is 5.75 Å². The number of ether oxygens (including phenoxy) is 2. The van der Waals surface area contributed by atoms with Crippen molar-refractivity contribution < 1.29 is 27.8 Å². The first-order valence-corrected chi connectivity index (χ1v) is 8.97. The van der Waals surface area contributed by atoms with Crippen LogP contribution in [0.5, 0.6) is 5.75 Å². The Balaban J connectivity index is 2.34. The normalized spacial score (nSPS) is 11.1. The molecule has 0 atom stereocenters. The third-order valence-electron chi connectivity index (χ3n) is 3.10. The third-order valence-corrected chi connectivity index (χ3v) is 4.74. The standard InChI is InChI=1S/C16H16ClNO6S/c1-23-7-8-24-14-6-5-12(17)10-15(14)25(21,22)18-13-4-2-3-11(9-13)16(19)20/h2-6,9-10,18H,7-8H2,1H3,(H,19,20). The lowest BCUT2D eigenvalue weighted by Gasteiger charge is -2.14. The maximum absolute atomic E-state index is 12.7. The molecule has 0 saturated carbocycles. The van der Waals surface area contributed by atoms with Crippen molar-refractivity contribution in [3.63, 3.8) is 0 Å². The molecular formula is C16H16ClNO6S. The summed E-state index contributed by atoms with van der Waals surface area (Å²) < 4.78 is 37.9. The van der Waals surface area contributed by atoms with E-state index < -0.39 is 16.0 Å². The molecule has 134 valence electrons. The van der Waals surface area contributed by atoms with Gasteiger partial charge in [-0.05, 0) is 36.4 Å². The third kappa shape index (κ3) is 5.09. The van der Waals surface area contributed by atoms with E-state index in [-0.39, 0.29) is 40.1 Å². The van der Waals surface area contributed by atoms with Gasteiger partial charge in [-0.15, -0.1) is 0 Å². The molecule has 0 unspecified atom stereocenters. The highest BCUT2D eigenvalue weighted by atomic mass is 35.5. The number of rotatable bonds is 8. The summed E-state index contributed by atoms with van der Waals surface area (Å²) in [5.74, 6) is -1.05. The highest BCUT2D eigenvalue weighted by Gasteiger charge is 2.21. The second kappa shape index (κ2) is 8.19. The lowest BCUT2D eigenvalue weighted by molar-refractivity contribution is 0.0697. The van der Waals surface area contributed by atoms with Crippen LogP contribution < -0.4 is 9.46 Å². The second-order valence-corrected chi connectivity index (χ2v) is 7.01. The maximum atomic E-state index is 12.7. The average Bonchev–Trinajstić information content (AvgIpc) is 2.56. The number of aromatic carboxylic acids is 1. The van der Waals surface area contributed by atoms with Crippen LogP contribution in [0.1, 0.15) is 10.4 Å². The van der Waals surface area contributed by atoms with E-state index in [1.54, 1.807) is 0 Å². The quantitative estimate of drug-likeness (QED) is 0.677. The summed E-state index contributed by atoms with van der Waals surface area (Å²) >= 11 is 5.90. The molecule has 0 aliphatic carbocycles. The van der Waals surface area contributed by atoms with Crippen molar-refractivity contribution in [1.29, 1.82) is 0 Å². The zero-order chi connectivity index (χ0) is 18.4. The summed E-state index contributed by atoms with van der Waals surface area (Å²) in [7, 11) is -2.54. The van der Waals surface area contributed by atoms with Crippen molar-refractivity contribution in [2.75, 3.05) is 25.0 Å². The first kappa shape index (κ1) is 19.0. The fourth-order valence-electron chi connectivity index (χ4n) is 1.97. The van der Waals surface area contributed by atoms with Gasteiger partial charge in [-0.1, -0.05) is 17.7 Å². The SMILES string of the molecule is COCCOc1ccc(Cl)cc1S(=O)(=O)Nc1cccc(C(=O)O)c1. The molecule has 0 aliphatic rings. The Bertz CT molecular complexity index is 869. The van der Waals surface area contributed by atoms with Gasteiger partial charge in [0, 0.05) is 17.8 Å². The Morgan fingerprint density at radius 2 is 1.96 bits per heavy atom. The lowest BCUT2D eigenvalue weighted by Crippen LogP contribution is -2.16. The Hall–Kier alpha value is -2.29. The molecule has 0 bridgehead atoms. The number of halogens is 1. The zero-order valence-corrected chi connectivity index (χ0v) is 14.8. The van der Waals surface area contributed by atoms with E-state index in [4.69, 9.17) is 26.2 Å². The van der Waals surface area contributed by atoms with Gasteiger partial charge in [0.05, 0.1) is 12.2 Å². The Morgan fingerprint density at radius 1 is 1.20 bits per heavy atom. The number of nitrogens with one attached hydrogen (secondary N) is 1. The summed E-state index contributed by atoms with van der Waals surface area (Å²) in [6, 6.07) is 9.67. The van der Waals surface area contributed by atoms with Crippen LogP contribution in [0.4, 0.5) is 5.69 Å². The smallest absolute Gasteiger partial charge is 0.335 e. The van der Waals surface area contributed by atoms with E-state index in [9.17, 15) is 13.2 Å². The minimum atomic E-state index is -4.04. The zero-order valence-electron chi connectivity index (χ0n) is 13.2. The van der Waals surface area contributed by atoms with Crippen LogP contribution in [0.25, 0.3) is 0 Å². The number of carboxylic acids is 1. The number of carbonyl (C=O) groups is 1. The van der Waals surface area contributed by atoms with Crippen molar-refractivity contribution in [3.05, 3.63) is 53.1 Å². The molecule has 0 aliphatic heterocycles. The van der Waals surface area contributed by atoms with Gasteiger partial charge >= 0.3 is 5.97 Å². The molecule has 0 amide bonds. The van der Waals surface area contributed by atoms with Gasteiger partial charge in [0.2, 0.25) is 0 Å². The van der Waals surface area contributed by atoms with Crippen LogP contribution in [0.15, 0.2) is 47.4 Å². The minimum Gasteiger partial charge on any atom is -0.490 e. The molecule has 0 fully saturated rings. The van der Waals surface area contributed by atoms with E-state index in [1.165, 1.54) is 49.6 Å². The van der Waals surface area contributed by atoms with Crippen LogP contribution in [0.3, 0.4) is 0 Å². The molecule has 2 rings (SSSR count). The monoisotopic (exact) mass is 385 g/mol. The molecule has 9 heteroatoms. The van der Waals surface area contributed by atoms with Gasteiger partial charge in [-0.2, -0.15) is 0 Å². The van der Waals surface area contributed by atoms with Gasteiger partial charge < -0.3 is 14.6 Å². The first-order chi connectivity index (χ1) is 11.8. The lowest BCUT2D eigenvalue weighted by atomic mass is 10.2. The second-order valence-electron chi connectivity index (χ2n) is 4.92. The van der Waals surface area contributed by atoms with Gasteiger partial charge in [0.15, 0.2) is 0 Å². The molecular weight excluding hydrogens is 370 g/mol. The maximum Gasteiger partial charge on any atom is 0.335 e. The summed E-state index contributed by atoms with van der Waals surface area (Å²) in [5, 5.41) is 9.22. The first-order valence-electron chi connectivity index (χ1n) is 7.11. The van der Waals surface area contributed by atoms with Crippen LogP contribution in [-0.4, -0.2) is 39.8 Å². The summed E-state index contributed by atoms with van der Waals surface area (Å²) in [5.41, 5.74) is 0.0746. The molecule has 0 saturated heterocycles. The highest BCUT2D eigenvalue weighted by molar-refractivity contribution is 7.92. The van der Waals surface area contributed by atoms with Crippen molar-refractivity contribution in [2.45, 2.75) is 4.90 Å². The van der Waals surface area contributed by atoms with E-state index in [2.05, 4.69) is 4.72 Å². The van der Waals surface area contributed by atoms with Crippen LogP contribution >= 0.6 is 11.6 Å². The number of hydrogen-bond acceptors (Lipinski definition) is 5. The van der Waals surface area contributed by atoms with Crippen molar-refractivity contribution in [1.82, 2.24) is 0 Å². The van der Waals surface area contributed by atoms with Crippen LogP contribution in [0, 0.1) is 0 Å². The number of methoxy groups -OCH3 is 1. The number of anilines is 1. The van der Waals surface area contributed by atoms with Gasteiger partial charge in [0.1, 0.15) is 17.3 Å². The van der Waals surface area contributed by atoms with Crippen molar-refractivity contribution in [2.24, 2.45) is 0 Å². The Morgan fingerprint density at radius 3 is 2.64 bits per heavy atom. The van der Waals surface area contributed by atoms with Crippen LogP contribution in [-0.2, 0) is 14.8 Å². The van der Waals surface area contributed by atoms with E-state index in [1.807, 2.05) is 0 Å². The molecule has 2 N–H and O–H groups in total. The van der Waals surface area contributed by atoms with E-state index in [0.717, 1.165) is 0 Å². The Kier molecular flexibility index (Phi) is 6.24. The number of benzene rings is 2. The van der Waals surface area contributed by atoms with E-state index >= 15 is 0 Å². The van der Waals surface area contributed by atoms with Gasteiger partial charge in [-0.25, -0.2) is 13.2 Å².